The van der Waals surface area contributed by atoms with E-state index in [4.69, 9.17) is 10.5 Å². The van der Waals surface area contributed by atoms with Gasteiger partial charge in [-0.2, -0.15) is 0 Å². The molecular weight excluding hydrogens is 236 g/mol. The topological polar surface area (TPSA) is 38.5 Å². The molecule has 2 saturated heterocycles. The Hall–Kier alpha value is -0.900. The fourth-order valence-electron chi connectivity index (χ4n) is 3.57. The van der Waals surface area contributed by atoms with Crippen LogP contribution >= 0.6 is 0 Å². The molecule has 0 aromatic heterocycles. The SMILES string of the molecule is Cc1ccc(C(CN)N2CC3CCC(C2)O3)c(C)c1. The van der Waals surface area contributed by atoms with Crippen LogP contribution in [-0.4, -0.2) is 36.7 Å². The lowest BCUT2D eigenvalue weighted by molar-refractivity contribution is -0.0521. The van der Waals surface area contributed by atoms with Crippen LogP contribution in [0.2, 0.25) is 0 Å². The van der Waals surface area contributed by atoms with Crippen molar-refractivity contribution in [2.24, 2.45) is 5.73 Å². The molecule has 0 amide bonds. The number of aryl methyl sites for hydroxylation is 2. The van der Waals surface area contributed by atoms with Crippen LogP contribution in [0.1, 0.15) is 35.6 Å². The van der Waals surface area contributed by atoms with Gasteiger partial charge in [0.1, 0.15) is 0 Å². The maximum Gasteiger partial charge on any atom is 0.0707 e. The Morgan fingerprint density at radius 2 is 1.95 bits per heavy atom. The molecule has 2 heterocycles. The summed E-state index contributed by atoms with van der Waals surface area (Å²) in [5.41, 5.74) is 10.1. The summed E-state index contributed by atoms with van der Waals surface area (Å²) in [4.78, 5) is 2.53. The van der Waals surface area contributed by atoms with Crippen molar-refractivity contribution in [1.29, 1.82) is 0 Å². The zero-order valence-corrected chi connectivity index (χ0v) is 11.9. The third kappa shape index (κ3) is 2.55. The molecule has 2 aliphatic rings. The van der Waals surface area contributed by atoms with Crippen molar-refractivity contribution >= 4 is 0 Å². The molecule has 2 N–H and O–H groups in total. The van der Waals surface area contributed by atoms with Gasteiger partial charge < -0.3 is 10.5 Å². The molecule has 1 aromatic carbocycles. The van der Waals surface area contributed by atoms with Gasteiger partial charge in [-0.1, -0.05) is 23.8 Å². The van der Waals surface area contributed by atoms with Crippen LogP contribution in [0.3, 0.4) is 0 Å². The van der Waals surface area contributed by atoms with E-state index in [9.17, 15) is 0 Å². The van der Waals surface area contributed by atoms with Crippen LogP contribution in [0.5, 0.6) is 0 Å². The minimum atomic E-state index is 0.340. The molecule has 3 heteroatoms. The Bertz CT molecular complexity index is 448. The summed E-state index contributed by atoms with van der Waals surface area (Å²) >= 11 is 0. The van der Waals surface area contributed by atoms with E-state index in [0.717, 1.165) is 13.1 Å². The van der Waals surface area contributed by atoms with Gasteiger partial charge in [-0.3, -0.25) is 4.90 Å². The largest absolute Gasteiger partial charge is 0.372 e. The fourth-order valence-corrected chi connectivity index (χ4v) is 3.57. The van der Waals surface area contributed by atoms with Crippen molar-refractivity contribution in [1.82, 2.24) is 4.90 Å². The summed E-state index contributed by atoms with van der Waals surface area (Å²) in [6, 6.07) is 7.04. The van der Waals surface area contributed by atoms with Crippen LogP contribution in [0, 0.1) is 13.8 Å². The molecule has 3 nitrogen and oxygen atoms in total. The third-order valence-electron chi connectivity index (χ3n) is 4.52. The Kier molecular flexibility index (Phi) is 3.61. The van der Waals surface area contributed by atoms with Gasteiger partial charge in [-0.15, -0.1) is 0 Å². The number of fused-ring (bicyclic) bond motifs is 2. The zero-order chi connectivity index (χ0) is 13.4. The molecule has 0 spiro atoms. The van der Waals surface area contributed by atoms with Crippen LogP contribution < -0.4 is 5.73 Å². The molecule has 0 saturated carbocycles. The predicted molar refractivity (Wildman–Crippen MR) is 77.2 cm³/mol. The minimum Gasteiger partial charge on any atom is -0.372 e. The normalized spacial score (nSPS) is 28.6. The van der Waals surface area contributed by atoms with E-state index in [1.54, 1.807) is 0 Å². The average Bonchev–Trinajstić information content (AvgIpc) is 2.72. The molecule has 2 aliphatic heterocycles. The highest BCUT2D eigenvalue weighted by atomic mass is 16.5. The molecule has 19 heavy (non-hydrogen) atoms. The van der Waals surface area contributed by atoms with Crippen LogP contribution in [0.4, 0.5) is 0 Å². The van der Waals surface area contributed by atoms with Gasteiger partial charge in [0.25, 0.3) is 0 Å². The Morgan fingerprint density at radius 1 is 1.26 bits per heavy atom. The van der Waals surface area contributed by atoms with Crippen molar-refractivity contribution in [2.75, 3.05) is 19.6 Å². The van der Waals surface area contributed by atoms with E-state index in [2.05, 4.69) is 36.9 Å². The number of morpholine rings is 1. The number of rotatable bonds is 3. The summed E-state index contributed by atoms with van der Waals surface area (Å²) in [5.74, 6) is 0. The smallest absolute Gasteiger partial charge is 0.0707 e. The van der Waals surface area contributed by atoms with E-state index in [1.165, 1.54) is 29.5 Å². The van der Waals surface area contributed by atoms with Crippen LogP contribution in [-0.2, 0) is 4.74 Å². The molecule has 0 radical (unpaired) electrons. The Morgan fingerprint density at radius 3 is 2.53 bits per heavy atom. The lowest BCUT2D eigenvalue weighted by Crippen LogP contribution is -2.46. The second kappa shape index (κ2) is 5.23. The van der Waals surface area contributed by atoms with Gasteiger partial charge in [-0.05, 0) is 37.8 Å². The van der Waals surface area contributed by atoms with Crippen molar-refractivity contribution in [3.63, 3.8) is 0 Å². The molecule has 104 valence electrons. The lowest BCUT2D eigenvalue weighted by Gasteiger charge is -2.38. The molecule has 2 bridgehead atoms. The molecule has 3 unspecified atom stereocenters. The van der Waals surface area contributed by atoms with Crippen LogP contribution in [0.15, 0.2) is 18.2 Å². The number of hydrogen-bond donors (Lipinski definition) is 1. The molecule has 3 atom stereocenters. The van der Waals surface area contributed by atoms with Gasteiger partial charge >= 0.3 is 0 Å². The van der Waals surface area contributed by atoms with E-state index >= 15 is 0 Å². The first-order valence-corrected chi connectivity index (χ1v) is 7.34. The van der Waals surface area contributed by atoms with Gasteiger partial charge in [0.2, 0.25) is 0 Å². The summed E-state index contributed by atoms with van der Waals surface area (Å²) in [5, 5.41) is 0. The number of ether oxygens (including phenoxy) is 1. The van der Waals surface area contributed by atoms with Crippen molar-refractivity contribution in [3.05, 3.63) is 34.9 Å². The number of hydrogen-bond acceptors (Lipinski definition) is 3. The molecule has 1 aromatic rings. The average molecular weight is 260 g/mol. The van der Waals surface area contributed by atoms with E-state index in [-0.39, 0.29) is 0 Å². The van der Waals surface area contributed by atoms with Crippen molar-refractivity contribution in [2.45, 2.75) is 44.9 Å². The molecule has 0 aliphatic carbocycles. The first-order valence-electron chi connectivity index (χ1n) is 7.34. The highest BCUT2D eigenvalue weighted by Gasteiger charge is 2.36. The highest BCUT2D eigenvalue weighted by Crippen LogP contribution is 2.32. The van der Waals surface area contributed by atoms with E-state index in [0.29, 0.717) is 24.8 Å². The Balaban J connectivity index is 1.83. The minimum absolute atomic E-state index is 0.340. The highest BCUT2D eigenvalue weighted by molar-refractivity contribution is 5.33. The zero-order valence-electron chi connectivity index (χ0n) is 11.9. The van der Waals surface area contributed by atoms with Crippen LogP contribution in [0.25, 0.3) is 0 Å². The molecule has 2 fully saturated rings. The Labute approximate surface area is 115 Å². The second-order valence-electron chi connectivity index (χ2n) is 6.02. The van der Waals surface area contributed by atoms with Crippen molar-refractivity contribution in [3.8, 4) is 0 Å². The molecular formula is C16H24N2O. The van der Waals surface area contributed by atoms with Gasteiger partial charge in [0, 0.05) is 25.7 Å². The summed E-state index contributed by atoms with van der Waals surface area (Å²) in [6.45, 7) is 7.09. The number of benzene rings is 1. The lowest BCUT2D eigenvalue weighted by atomic mass is 9.97. The number of nitrogens with zero attached hydrogens (tertiary/aromatic N) is 1. The van der Waals surface area contributed by atoms with E-state index in [1.807, 2.05) is 0 Å². The van der Waals surface area contributed by atoms with Gasteiger partial charge in [-0.25, -0.2) is 0 Å². The van der Waals surface area contributed by atoms with Crippen molar-refractivity contribution < 1.29 is 4.74 Å². The number of likely N-dealkylation sites (tertiary alicyclic amines) is 1. The maximum absolute atomic E-state index is 6.07. The molecule has 3 rings (SSSR count). The summed E-state index contributed by atoms with van der Waals surface area (Å²) in [7, 11) is 0. The monoisotopic (exact) mass is 260 g/mol. The quantitative estimate of drug-likeness (QED) is 0.905. The first-order chi connectivity index (χ1) is 9.17. The first kappa shape index (κ1) is 13.1. The summed E-state index contributed by atoms with van der Waals surface area (Å²) < 4.78 is 5.92. The maximum atomic E-state index is 6.07. The third-order valence-corrected chi connectivity index (χ3v) is 4.52. The van der Waals surface area contributed by atoms with Gasteiger partial charge in [0.05, 0.1) is 12.2 Å². The number of nitrogens with two attached hydrogens (primary N) is 1. The standard InChI is InChI=1S/C16H24N2O/c1-11-3-6-15(12(2)7-11)16(8-17)18-9-13-4-5-14(10-18)19-13/h3,6-7,13-14,16H,4-5,8-10,17H2,1-2H3. The van der Waals surface area contributed by atoms with Gasteiger partial charge in [0.15, 0.2) is 0 Å². The van der Waals surface area contributed by atoms with E-state index < -0.39 is 0 Å². The summed E-state index contributed by atoms with van der Waals surface area (Å²) in [6.07, 6.45) is 3.29. The fraction of sp³-hybridized carbons (Fsp3) is 0.625. The second-order valence-corrected chi connectivity index (χ2v) is 6.02. The predicted octanol–water partition coefficient (Wildman–Crippen LogP) is 2.17.